The molecule has 72 valence electrons. The van der Waals surface area contributed by atoms with Crippen LogP contribution in [0.2, 0.25) is 0 Å². The van der Waals surface area contributed by atoms with Gasteiger partial charge in [-0.05, 0) is 12.1 Å². The maximum absolute atomic E-state index is 10.9. The predicted octanol–water partition coefficient (Wildman–Crippen LogP) is 1.87. The minimum atomic E-state index is -0.958. The third kappa shape index (κ3) is 1.12. The van der Waals surface area contributed by atoms with E-state index in [1.807, 2.05) is 12.1 Å². The van der Waals surface area contributed by atoms with Crippen molar-refractivity contribution in [2.45, 2.75) is 0 Å². The van der Waals surface area contributed by atoms with Gasteiger partial charge in [0.25, 0.3) is 0 Å². The second-order valence-electron chi connectivity index (χ2n) is 2.89. The van der Waals surface area contributed by atoms with Gasteiger partial charge >= 0.3 is 5.97 Å². The average molecular weight is 191 g/mol. The number of carboxylic acid groups (broad SMARTS) is 1. The Kier molecular flexibility index (Phi) is 1.89. The maximum atomic E-state index is 10.9. The number of nitrogens with one attached hydrogen (secondary N) is 1. The summed E-state index contributed by atoms with van der Waals surface area (Å²) >= 11 is 0. The lowest BCUT2D eigenvalue weighted by atomic mass is 10.1. The molecule has 0 radical (unpaired) electrons. The molecule has 0 atom stereocenters. The molecule has 0 aliphatic rings. The van der Waals surface area contributed by atoms with Gasteiger partial charge in [0.05, 0.1) is 23.6 Å². The first kappa shape index (κ1) is 8.62. The topological polar surface area (TPSA) is 62.3 Å². The molecule has 0 bridgehead atoms. The Morgan fingerprint density at radius 2 is 2.29 bits per heavy atom. The van der Waals surface area contributed by atoms with Crippen LogP contribution in [0, 0.1) is 0 Å². The smallest absolute Gasteiger partial charge is 0.338 e. The first-order chi connectivity index (χ1) is 6.74. The van der Waals surface area contributed by atoms with Gasteiger partial charge in [-0.25, -0.2) is 4.79 Å². The fourth-order valence-corrected chi connectivity index (χ4v) is 1.49. The minimum absolute atomic E-state index is 0.234. The monoisotopic (exact) mass is 191 g/mol. The van der Waals surface area contributed by atoms with E-state index in [1.165, 1.54) is 13.3 Å². The quantitative estimate of drug-likeness (QED) is 0.761. The molecule has 1 aromatic heterocycles. The molecule has 0 fully saturated rings. The summed E-state index contributed by atoms with van der Waals surface area (Å²) in [7, 11) is 1.52. The molecule has 2 N–H and O–H groups in total. The summed E-state index contributed by atoms with van der Waals surface area (Å²) < 4.78 is 5.09. The summed E-state index contributed by atoms with van der Waals surface area (Å²) in [4.78, 5) is 13.8. The van der Waals surface area contributed by atoms with E-state index in [0.29, 0.717) is 11.1 Å². The Balaban J connectivity index is 2.81. The summed E-state index contributed by atoms with van der Waals surface area (Å²) in [5.41, 5.74) is 0.999. The zero-order chi connectivity index (χ0) is 10.1. The Morgan fingerprint density at radius 1 is 1.50 bits per heavy atom. The van der Waals surface area contributed by atoms with E-state index in [-0.39, 0.29) is 5.56 Å². The van der Waals surface area contributed by atoms with Crippen LogP contribution in [-0.2, 0) is 0 Å². The molecule has 14 heavy (non-hydrogen) atoms. The van der Waals surface area contributed by atoms with Gasteiger partial charge in [0.2, 0.25) is 0 Å². The van der Waals surface area contributed by atoms with Crippen LogP contribution in [0.25, 0.3) is 10.9 Å². The second-order valence-corrected chi connectivity index (χ2v) is 2.89. The summed E-state index contributed by atoms with van der Waals surface area (Å²) in [6.07, 6.45) is 1.47. The van der Waals surface area contributed by atoms with Crippen molar-refractivity contribution in [2.24, 2.45) is 0 Å². The van der Waals surface area contributed by atoms with Crippen LogP contribution >= 0.6 is 0 Å². The number of rotatable bonds is 2. The van der Waals surface area contributed by atoms with Crippen LogP contribution in [0.1, 0.15) is 10.4 Å². The molecule has 0 saturated heterocycles. The standard InChI is InChI=1S/C10H9NO3/c1-14-8-4-2-3-7-9(8)6(5-11-7)10(12)13/h2-5,11H,1H3,(H,12,13). The maximum Gasteiger partial charge on any atom is 0.338 e. The van der Waals surface area contributed by atoms with E-state index >= 15 is 0 Å². The van der Waals surface area contributed by atoms with Crippen molar-refractivity contribution < 1.29 is 14.6 Å². The van der Waals surface area contributed by atoms with Gasteiger partial charge in [-0.3, -0.25) is 0 Å². The molecule has 0 unspecified atom stereocenters. The van der Waals surface area contributed by atoms with Gasteiger partial charge in [-0.1, -0.05) is 6.07 Å². The highest BCUT2D eigenvalue weighted by Gasteiger charge is 2.13. The van der Waals surface area contributed by atoms with E-state index in [0.717, 1.165) is 5.52 Å². The summed E-state index contributed by atoms with van der Waals surface area (Å²) in [5.74, 6) is -0.387. The van der Waals surface area contributed by atoms with Crippen molar-refractivity contribution in [2.75, 3.05) is 7.11 Å². The van der Waals surface area contributed by atoms with E-state index in [4.69, 9.17) is 9.84 Å². The Bertz CT molecular complexity index is 487. The Morgan fingerprint density at radius 3 is 2.93 bits per heavy atom. The van der Waals surface area contributed by atoms with Crippen LogP contribution in [0.4, 0.5) is 0 Å². The van der Waals surface area contributed by atoms with Crippen molar-refractivity contribution in [3.8, 4) is 5.75 Å². The van der Waals surface area contributed by atoms with Gasteiger partial charge in [0, 0.05) is 6.20 Å². The number of H-pyrrole nitrogens is 1. The molecule has 0 saturated carbocycles. The lowest BCUT2D eigenvalue weighted by molar-refractivity contribution is 0.0699. The highest BCUT2D eigenvalue weighted by Crippen LogP contribution is 2.28. The van der Waals surface area contributed by atoms with Gasteiger partial charge in [-0.15, -0.1) is 0 Å². The van der Waals surface area contributed by atoms with Crippen molar-refractivity contribution >= 4 is 16.9 Å². The molecule has 1 aromatic carbocycles. The number of hydrogen-bond donors (Lipinski definition) is 2. The van der Waals surface area contributed by atoms with Crippen LogP contribution in [-0.4, -0.2) is 23.2 Å². The highest BCUT2D eigenvalue weighted by molar-refractivity contribution is 6.05. The first-order valence-corrected chi connectivity index (χ1v) is 4.11. The minimum Gasteiger partial charge on any atom is -0.496 e. The molecule has 2 aromatic rings. The van der Waals surface area contributed by atoms with Crippen LogP contribution in [0.3, 0.4) is 0 Å². The molecule has 2 rings (SSSR count). The number of benzene rings is 1. The van der Waals surface area contributed by atoms with Gasteiger partial charge < -0.3 is 14.8 Å². The highest BCUT2D eigenvalue weighted by atomic mass is 16.5. The average Bonchev–Trinajstić information content (AvgIpc) is 2.60. The van der Waals surface area contributed by atoms with Gasteiger partial charge in [0.1, 0.15) is 5.75 Å². The van der Waals surface area contributed by atoms with E-state index in [2.05, 4.69) is 4.98 Å². The summed E-state index contributed by atoms with van der Waals surface area (Å²) in [5, 5.41) is 9.53. The van der Waals surface area contributed by atoms with Gasteiger partial charge in [-0.2, -0.15) is 0 Å². The fraction of sp³-hybridized carbons (Fsp3) is 0.100. The third-order valence-electron chi connectivity index (χ3n) is 2.12. The number of methoxy groups -OCH3 is 1. The number of aromatic carboxylic acids is 1. The van der Waals surface area contributed by atoms with Crippen LogP contribution in [0.15, 0.2) is 24.4 Å². The number of hydrogen-bond acceptors (Lipinski definition) is 2. The fourth-order valence-electron chi connectivity index (χ4n) is 1.49. The van der Waals surface area contributed by atoms with Crippen LogP contribution < -0.4 is 4.74 Å². The molecule has 0 aliphatic heterocycles. The van der Waals surface area contributed by atoms with Crippen molar-refractivity contribution in [3.63, 3.8) is 0 Å². The molecular weight excluding hydrogens is 182 g/mol. The molecule has 1 heterocycles. The number of aromatic amines is 1. The van der Waals surface area contributed by atoms with Crippen molar-refractivity contribution in [3.05, 3.63) is 30.0 Å². The number of carbonyl (C=O) groups is 1. The SMILES string of the molecule is COc1cccc2[nH]cc(C(=O)O)c12. The Hall–Kier alpha value is -1.97. The zero-order valence-electron chi connectivity index (χ0n) is 7.57. The molecule has 4 nitrogen and oxygen atoms in total. The molecular formula is C10H9NO3. The van der Waals surface area contributed by atoms with E-state index in [9.17, 15) is 4.79 Å². The molecule has 0 spiro atoms. The normalized spacial score (nSPS) is 10.4. The lowest BCUT2D eigenvalue weighted by Crippen LogP contribution is -1.95. The van der Waals surface area contributed by atoms with Crippen LogP contribution in [0.5, 0.6) is 5.75 Å². The third-order valence-corrected chi connectivity index (χ3v) is 2.12. The summed E-state index contributed by atoms with van der Waals surface area (Å²) in [6, 6.07) is 5.36. The first-order valence-electron chi connectivity index (χ1n) is 4.11. The molecule has 0 aliphatic carbocycles. The van der Waals surface area contributed by atoms with Crippen molar-refractivity contribution in [1.82, 2.24) is 4.98 Å². The molecule has 4 heteroatoms. The number of carboxylic acids is 1. The predicted molar refractivity (Wildman–Crippen MR) is 51.8 cm³/mol. The Labute approximate surface area is 80.1 Å². The largest absolute Gasteiger partial charge is 0.496 e. The summed E-state index contributed by atoms with van der Waals surface area (Å²) in [6.45, 7) is 0. The van der Waals surface area contributed by atoms with Crippen molar-refractivity contribution in [1.29, 1.82) is 0 Å². The molecule has 0 amide bonds. The number of ether oxygens (including phenoxy) is 1. The van der Waals surface area contributed by atoms with E-state index in [1.54, 1.807) is 6.07 Å². The second kappa shape index (κ2) is 3.06. The number of fused-ring (bicyclic) bond motifs is 1. The van der Waals surface area contributed by atoms with Gasteiger partial charge in [0.15, 0.2) is 0 Å². The number of aromatic nitrogens is 1. The zero-order valence-corrected chi connectivity index (χ0v) is 7.57. The van der Waals surface area contributed by atoms with E-state index < -0.39 is 5.97 Å². The lowest BCUT2D eigenvalue weighted by Gasteiger charge is -2.01.